The van der Waals surface area contributed by atoms with E-state index in [1.807, 2.05) is 23.6 Å². The Labute approximate surface area is 160 Å². The molecule has 0 radical (unpaired) electrons. The molecular weight excluding hydrogens is 374 g/mol. The summed E-state index contributed by atoms with van der Waals surface area (Å²) in [5.41, 5.74) is 1.97. The number of anilines is 1. The zero-order valence-electron chi connectivity index (χ0n) is 15.0. The predicted molar refractivity (Wildman–Crippen MR) is 99.8 cm³/mol. The Morgan fingerprint density at radius 2 is 1.93 bits per heavy atom. The molecule has 3 heterocycles. The summed E-state index contributed by atoms with van der Waals surface area (Å²) in [6.45, 7) is 3.27. The van der Waals surface area contributed by atoms with Gasteiger partial charge in [0.15, 0.2) is 5.65 Å². The number of nitrogens with zero attached hydrogens (tertiary/aromatic N) is 4. The van der Waals surface area contributed by atoms with Crippen LogP contribution in [-0.2, 0) is 0 Å². The Kier molecular flexibility index (Phi) is 4.63. The fourth-order valence-corrected chi connectivity index (χ4v) is 4.12. The zero-order chi connectivity index (χ0) is 19.1. The number of aryl methyl sites for hydroxylation is 1. The van der Waals surface area contributed by atoms with Gasteiger partial charge < -0.3 is 9.64 Å². The van der Waals surface area contributed by atoms with E-state index < -0.39 is 11.6 Å². The average Bonchev–Trinajstić information content (AvgIpc) is 3.04. The number of methoxy groups -OCH3 is 1. The number of pyridine rings is 1. The molecule has 4 rings (SSSR count). The van der Waals surface area contributed by atoms with Crippen LogP contribution in [-0.4, -0.2) is 34.8 Å². The normalized spacial score (nSPS) is 15.5. The van der Waals surface area contributed by atoms with E-state index in [0.29, 0.717) is 42.2 Å². The molecule has 0 saturated carbocycles. The van der Waals surface area contributed by atoms with Crippen molar-refractivity contribution in [2.24, 2.45) is 0 Å². The summed E-state index contributed by atoms with van der Waals surface area (Å²) in [7, 11) is 1.43. The highest BCUT2D eigenvalue weighted by atomic mass is 35.5. The third kappa shape index (κ3) is 3.10. The maximum Gasteiger partial charge on any atom is 0.181 e. The highest BCUT2D eigenvalue weighted by molar-refractivity contribution is 6.36. The topological polar surface area (TPSA) is 42.7 Å². The van der Waals surface area contributed by atoms with Crippen molar-refractivity contribution >= 4 is 22.9 Å². The number of hydrogen-bond donors (Lipinski definition) is 0. The molecule has 2 aromatic heterocycles. The minimum absolute atomic E-state index is 0.0327. The van der Waals surface area contributed by atoms with Crippen LogP contribution in [0.15, 0.2) is 24.4 Å². The monoisotopic (exact) mass is 392 g/mol. The minimum Gasteiger partial charge on any atom is -0.496 e. The molecule has 3 aromatic rings. The van der Waals surface area contributed by atoms with Crippen LogP contribution in [0.4, 0.5) is 14.5 Å². The van der Waals surface area contributed by atoms with Crippen molar-refractivity contribution in [2.45, 2.75) is 25.7 Å². The van der Waals surface area contributed by atoms with Crippen molar-refractivity contribution in [3.8, 4) is 5.75 Å². The van der Waals surface area contributed by atoms with Gasteiger partial charge in [0.2, 0.25) is 0 Å². The van der Waals surface area contributed by atoms with Crippen molar-refractivity contribution in [1.82, 2.24) is 14.6 Å². The molecule has 1 aliphatic heterocycles. The maximum atomic E-state index is 14.4. The standard InChI is InChI=1S/C19H19ClF2N4O/c1-11-23-24-19-18(20)15(5-8-26(11)19)25-6-3-12(4-7-25)17-14(22)9-13(21)10-16(17)27-2/h5,8-10,12H,3-4,6-7H2,1-2H3. The largest absolute Gasteiger partial charge is 0.496 e. The molecular formula is C19H19ClF2N4O. The second-order valence-corrected chi connectivity index (χ2v) is 7.10. The van der Waals surface area contributed by atoms with E-state index in [-0.39, 0.29) is 11.7 Å². The van der Waals surface area contributed by atoms with Gasteiger partial charge in [0.1, 0.15) is 28.2 Å². The summed E-state index contributed by atoms with van der Waals surface area (Å²) in [5, 5.41) is 8.74. The Hall–Kier alpha value is -2.41. The van der Waals surface area contributed by atoms with Crippen LogP contribution in [0.5, 0.6) is 5.75 Å². The molecule has 0 bridgehead atoms. The van der Waals surface area contributed by atoms with Gasteiger partial charge in [-0.3, -0.25) is 4.40 Å². The summed E-state index contributed by atoms with van der Waals surface area (Å²) < 4.78 is 34.9. The lowest BCUT2D eigenvalue weighted by atomic mass is 9.88. The van der Waals surface area contributed by atoms with Gasteiger partial charge >= 0.3 is 0 Å². The molecule has 1 aliphatic rings. The second-order valence-electron chi connectivity index (χ2n) is 6.72. The lowest BCUT2D eigenvalue weighted by molar-refractivity contribution is 0.383. The maximum absolute atomic E-state index is 14.4. The highest BCUT2D eigenvalue weighted by Crippen LogP contribution is 2.39. The average molecular weight is 393 g/mol. The van der Waals surface area contributed by atoms with Crippen molar-refractivity contribution < 1.29 is 13.5 Å². The summed E-state index contributed by atoms with van der Waals surface area (Å²) in [6, 6.07) is 4.11. The van der Waals surface area contributed by atoms with Gasteiger partial charge in [0.25, 0.3) is 0 Å². The number of fused-ring (bicyclic) bond motifs is 1. The molecule has 27 heavy (non-hydrogen) atoms. The molecule has 1 fully saturated rings. The van der Waals surface area contributed by atoms with Crippen LogP contribution in [0.1, 0.15) is 30.1 Å². The number of rotatable bonds is 3. The number of aromatic nitrogens is 3. The molecule has 1 aromatic carbocycles. The molecule has 0 spiro atoms. The first kappa shape index (κ1) is 18.0. The molecule has 0 atom stereocenters. The van der Waals surface area contributed by atoms with E-state index in [0.717, 1.165) is 17.6 Å². The molecule has 0 amide bonds. The van der Waals surface area contributed by atoms with Crippen molar-refractivity contribution in [1.29, 1.82) is 0 Å². The van der Waals surface area contributed by atoms with E-state index >= 15 is 0 Å². The lowest BCUT2D eigenvalue weighted by Crippen LogP contribution is -2.33. The number of hydrogen-bond acceptors (Lipinski definition) is 4. The molecule has 0 N–H and O–H groups in total. The summed E-state index contributed by atoms with van der Waals surface area (Å²) in [4.78, 5) is 2.16. The SMILES string of the molecule is COc1cc(F)cc(F)c1C1CCN(c2ccn3c(C)nnc3c2Cl)CC1. The minimum atomic E-state index is -0.630. The molecule has 142 valence electrons. The van der Waals surface area contributed by atoms with Crippen molar-refractivity contribution in [2.75, 3.05) is 25.1 Å². The number of halogens is 3. The van der Waals surface area contributed by atoms with E-state index in [4.69, 9.17) is 16.3 Å². The predicted octanol–water partition coefficient (Wildman–Crippen LogP) is 4.36. The van der Waals surface area contributed by atoms with E-state index in [2.05, 4.69) is 15.1 Å². The number of ether oxygens (including phenoxy) is 1. The highest BCUT2D eigenvalue weighted by Gasteiger charge is 2.28. The molecule has 5 nitrogen and oxygen atoms in total. The van der Waals surface area contributed by atoms with Crippen LogP contribution < -0.4 is 9.64 Å². The Morgan fingerprint density at radius 1 is 1.19 bits per heavy atom. The number of piperidine rings is 1. The third-order valence-electron chi connectivity index (χ3n) is 5.19. The van der Waals surface area contributed by atoms with E-state index in [9.17, 15) is 8.78 Å². The third-order valence-corrected chi connectivity index (χ3v) is 5.55. The van der Waals surface area contributed by atoms with Crippen LogP contribution in [0.25, 0.3) is 5.65 Å². The van der Waals surface area contributed by atoms with Gasteiger partial charge in [-0.25, -0.2) is 8.78 Å². The molecule has 1 saturated heterocycles. The summed E-state index contributed by atoms with van der Waals surface area (Å²) in [6.07, 6.45) is 3.33. The molecule has 8 heteroatoms. The zero-order valence-corrected chi connectivity index (χ0v) is 15.8. The van der Waals surface area contributed by atoms with E-state index in [1.165, 1.54) is 13.2 Å². The Morgan fingerprint density at radius 3 is 2.63 bits per heavy atom. The first-order chi connectivity index (χ1) is 13.0. The quantitative estimate of drug-likeness (QED) is 0.664. The van der Waals surface area contributed by atoms with Crippen molar-refractivity contribution in [3.63, 3.8) is 0 Å². The van der Waals surface area contributed by atoms with Gasteiger partial charge in [-0.15, -0.1) is 10.2 Å². The van der Waals surface area contributed by atoms with Gasteiger partial charge in [0, 0.05) is 37.0 Å². The van der Waals surface area contributed by atoms with Crippen LogP contribution >= 0.6 is 11.6 Å². The Balaban J connectivity index is 1.57. The van der Waals surface area contributed by atoms with Crippen LogP contribution in [0.3, 0.4) is 0 Å². The number of benzene rings is 1. The van der Waals surface area contributed by atoms with Crippen LogP contribution in [0.2, 0.25) is 5.02 Å². The van der Waals surface area contributed by atoms with Crippen molar-refractivity contribution in [3.05, 3.63) is 52.4 Å². The van der Waals surface area contributed by atoms with Gasteiger partial charge in [-0.2, -0.15) is 0 Å². The van der Waals surface area contributed by atoms with E-state index in [1.54, 1.807) is 0 Å². The summed E-state index contributed by atoms with van der Waals surface area (Å²) >= 11 is 6.55. The smallest absolute Gasteiger partial charge is 0.181 e. The van der Waals surface area contributed by atoms with Crippen LogP contribution in [0, 0.1) is 18.6 Å². The summed E-state index contributed by atoms with van der Waals surface area (Å²) in [5.74, 6) is -0.173. The van der Waals surface area contributed by atoms with Gasteiger partial charge in [-0.05, 0) is 31.7 Å². The van der Waals surface area contributed by atoms with Gasteiger partial charge in [0.05, 0.1) is 12.8 Å². The first-order valence-corrected chi connectivity index (χ1v) is 9.15. The lowest BCUT2D eigenvalue weighted by Gasteiger charge is -2.34. The Bertz CT molecular complexity index is 999. The fourth-order valence-electron chi connectivity index (χ4n) is 3.81. The molecule has 0 unspecified atom stereocenters. The fraction of sp³-hybridized carbons (Fsp3) is 0.368. The second kappa shape index (κ2) is 6.96. The van der Waals surface area contributed by atoms with Gasteiger partial charge in [-0.1, -0.05) is 11.6 Å². The molecule has 0 aliphatic carbocycles. The first-order valence-electron chi connectivity index (χ1n) is 8.77.